The Morgan fingerprint density at radius 3 is 1.92 bits per heavy atom. The monoisotopic (exact) mass is 219 g/mol. The second-order valence-electron chi connectivity index (χ2n) is 2.86. The van der Waals surface area contributed by atoms with E-state index in [1.807, 2.05) is 0 Å². The maximum Gasteiger partial charge on any atom is 1.00 e. The minimum absolute atomic E-state index is 0. The maximum absolute atomic E-state index is 11.8. The van der Waals surface area contributed by atoms with Crippen molar-refractivity contribution in [3.8, 4) is 0 Å². The largest absolute Gasteiger partial charge is 1.00 e. The summed E-state index contributed by atoms with van der Waals surface area (Å²) in [6, 6.07) is 0. The van der Waals surface area contributed by atoms with E-state index in [9.17, 15) is 4.57 Å². The SMILES string of the molecule is [2H][CH-]SP(=O)(OC(C)C)OC(C)C.[Li+]. The average Bonchev–Trinajstić information content (AvgIpc) is 1.81. The van der Waals surface area contributed by atoms with Gasteiger partial charge in [0, 0.05) is 0 Å². The second kappa shape index (κ2) is 7.40. The van der Waals surface area contributed by atoms with Gasteiger partial charge in [0.1, 0.15) is 0 Å². The molecule has 0 atom stereocenters. The van der Waals surface area contributed by atoms with Gasteiger partial charge in [-0.1, -0.05) is 0 Å². The molecular formula is C7H16LiO3PS. The molecule has 74 valence electrons. The third-order valence-electron chi connectivity index (χ3n) is 0.809. The van der Waals surface area contributed by atoms with Crippen molar-refractivity contribution in [1.29, 1.82) is 0 Å². The fraction of sp³-hybridized carbons (Fsp3) is 0.857. The third-order valence-corrected chi connectivity index (χ3v) is 3.72. The van der Waals surface area contributed by atoms with Gasteiger partial charge in [-0.3, -0.25) is 15.3 Å². The molecule has 0 saturated heterocycles. The van der Waals surface area contributed by atoms with E-state index in [4.69, 9.17) is 10.4 Å². The molecule has 13 heavy (non-hydrogen) atoms. The summed E-state index contributed by atoms with van der Waals surface area (Å²) >= 11 is 0.788. The van der Waals surface area contributed by atoms with Crippen LogP contribution in [0.2, 0.25) is 0 Å². The Balaban J connectivity index is 0. The fourth-order valence-electron chi connectivity index (χ4n) is 0.591. The molecule has 0 unspecified atom stereocenters. The average molecular weight is 219 g/mol. The summed E-state index contributed by atoms with van der Waals surface area (Å²) in [5.41, 5.74) is 0. The van der Waals surface area contributed by atoms with Crippen LogP contribution in [0.1, 0.15) is 29.1 Å². The van der Waals surface area contributed by atoms with Crippen molar-refractivity contribution in [1.82, 2.24) is 0 Å². The van der Waals surface area contributed by atoms with Gasteiger partial charge >= 0.3 is 25.7 Å². The molecule has 0 fully saturated rings. The Hall–Kier alpha value is 1.10. The Kier molecular flexibility index (Phi) is 8.02. The van der Waals surface area contributed by atoms with Gasteiger partial charge in [0.15, 0.2) is 0 Å². The van der Waals surface area contributed by atoms with Crippen LogP contribution in [0, 0.1) is 6.23 Å². The van der Waals surface area contributed by atoms with E-state index < -0.39 is 6.80 Å². The first kappa shape index (κ1) is 14.1. The summed E-state index contributed by atoms with van der Waals surface area (Å²) in [7, 11) is 0. The molecule has 0 aromatic heterocycles. The number of hydrogen-bond acceptors (Lipinski definition) is 4. The zero-order valence-corrected chi connectivity index (χ0v) is 10.5. The zero-order chi connectivity index (χ0) is 10.5. The van der Waals surface area contributed by atoms with Crippen LogP contribution in [-0.4, -0.2) is 12.2 Å². The topological polar surface area (TPSA) is 35.5 Å². The van der Waals surface area contributed by atoms with Crippen LogP contribution < -0.4 is 18.9 Å². The van der Waals surface area contributed by atoms with Gasteiger partial charge in [-0.05, 0) is 27.7 Å². The van der Waals surface area contributed by atoms with E-state index in [1.54, 1.807) is 27.7 Å². The summed E-state index contributed by atoms with van der Waals surface area (Å²) in [6.45, 7) is 3.96. The molecule has 0 aliphatic rings. The fourth-order valence-corrected chi connectivity index (χ4v) is 3.10. The van der Waals surface area contributed by atoms with Gasteiger partial charge in [-0.2, -0.15) is 1.37 Å². The molecule has 0 amide bonds. The normalized spacial score (nSPS) is 12.9. The molecule has 0 N–H and O–H groups in total. The Labute approximate surface area is 98.2 Å². The molecule has 0 spiro atoms. The molecule has 0 saturated carbocycles. The molecular weight excluding hydrogens is 202 g/mol. The minimum Gasteiger partial charge on any atom is -0.300 e. The van der Waals surface area contributed by atoms with Crippen molar-refractivity contribution in [2.24, 2.45) is 0 Å². The summed E-state index contributed by atoms with van der Waals surface area (Å²) < 4.78 is 28.9. The Morgan fingerprint density at radius 2 is 1.69 bits per heavy atom. The second-order valence-corrected chi connectivity index (χ2v) is 6.36. The number of hydrogen-bond donors (Lipinski definition) is 0. The van der Waals surface area contributed by atoms with Gasteiger partial charge in [0.05, 0.1) is 12.2 Å². The summed E-state index contributed by atoms with van der Waals surface area (Å²) in [4.78, 5) is 0. The van der Waals surface area contributed by atoms with Crippen LogP contribution in [-0.2, 0) is 13.6 Å². The van der Waals surface area contributed by atoms with Crippen molar-refractivity contribution >= 4 is 18.2 Å². The zero-order valence-electron chi connectivity index (χ0n) is 9.81. The number of rotatable bonds is 6. The summed E-state index contributed by atoms with van der Waals surface area (Å²) in [5, 5.41) is 0. The molecule has 6 heteroatoms. The summed E-state index contributed by atoms with van der Waals surface area (Å²) in [6.07, 6.45) is 0.639. The molecule has 0 aliphatic heterocycles. The van der Waals surface area contributed by atoms with Crippen LogP contribution in [0.5, 0.6) is 0 Å². The minimum atomic E-state index is -3.16. The predicted octanol–water partition coefficient (Wildman–Crippen LogP) is 0.473. The van der Waals surface area contributed by atoms with E-state index in [1.165, 1.54) is 0 Å². The van der Waals surface area contributed by atoms with E-state index >= 15 is 0 Å². The van der Waals surface area contributed by atoms with Crippen LogP contribution >= 0.6 is 18.2 Å². The maximum atomic E-state index is 11.8. The summed E-state index contributed by atoms with van der Waals surface area (Å²) in [5.74, 6) is 0. The smallest absolute Gasteiger partial charge is 0.300 e. The molecule has 0 rings (SSSR count). The molecule has 0 aliphatic carbocycles. The first-order valence-electron chi connectivity index (χ1n) is 4.32. The quantitative estimate of drug-likeness (QED) is 0.369. The predicted molar refractivity (Wildman–Crippen MR) is 53.0 cm³/mol. The van der Waals surface area contributed by atoms with Crippen LogP contribution in [0.4, 0.5) is 0 Å². The third kappa shape index (κ3) is 8.12. The van der Waals surface area contributed by atoms with Crippen molar-refractivity contribution in [2.75, 3.05) is 0 Å². The van der Waals surface area contributed by atoms with Gasteiger partial charge in [0.2, 0.25) is 0 Å². The van der Waals surface area contributed by atoms with Crippen molar-refractivity contribution in [3.63, 3.8) is 0 Å². The first-order valence-corrected chi connectivity index (χ1v) is 6.77. The van der Waals surface area contributed by atoms with Crippen LogP contribution in [0.25, 0.3) is 0 Å². The van der Waals surface area contributed by atoms with Gasteiger partial charge in [-0.15, -0.1) is 0 Å². The van der Waals surface area contributed by atoms with E-state index in [2.05, 4.69) is 0 Å². The van der Waals surface area contributed by atoms with Crippen LogP contribution in [0.15, 0.2) is 0 Å². The van der Waals surface area contributed by atoms with Gasteiger partial charge in [-0.25, -0.2) is 15.9 Å². The Morgan fingerprint density at radius 1 is 1.31 bits per heavy atom. The Bertz CT molecular complexity index is 178. The molecule has 0 heterocycles. The van der Waals surface area contributed by atoms with E-state index in [-0.39, 0.29) is 31.1 Å². The molecule has 0 bridgehead atoms. The van der Waals surface area contributed by atoms with Gasteiger partial charge in [0.25, 0.3) is 0 Å². The molecule has 3 nitrogen and oxygen atoms in total. The first-order chi connectivity index (χ1) is 5.89. The van der Waals surface area contributed by atoms with Crippen LogP contribution in [0.3, 0.4) is 0 Å². The van der Waals surface area contributed by atoms with Crippen molar-refractivity contribution < 1.29 is 33.8 Å². The van der Waals surface area contributed by atoms with Gasteiger partial charge < -0.3 is 0 Å². The molecule has 0 aromatic carbocycles. The molecule has 0 radical (unpaired) electrons. The standard InChI is InChI=1S/C7H16O3PS.Li/c1-6(2)9-11(8,12-5)10-7(3)4;/h6-7H,5H2,1-4H3;/q-1;+1/i5D;. The van der Waals surface area contributed by atoms with E-state index in [0.717, 1.165) is 17.6 Å². The van der Waals surface area contributed by atoms with Crippen molar-refractivity contribution in [2.45, 2.75) is 39.9 Å². The van der Waals surface area contributed by atoms with Crippen molar-refractivity contribution in [3.05, 3.63) is 6.23 Å². The van der Waals surface area contributed by atoms with E-state index in [0.29, 0.717) is 0 Å². The molecule has 0 aromatic rings.